The Hall–Kier alpha value is -1.10. The Morgan fingerprint density at radius 1 is 1.19 bits per heavy atom. The van der Waals surface area contributed by atoms with Crippen LogP contribution in [0.15, 0.2) is 12.1 Å². The molecule has 0 amide bonds. The van der Waals surface area contributed by atoms with Crippen molar-refractivity contribution in [1.29, 1.82) is 0 Å². The number of aliphatic hydroxyl groups is 1. The zero-order valence-corrected chi connectivity index (χ0v) is 13.6. The highest BCUT2D eigenvalue weighted by Crippen LogP contribution is 2.41. The van der Waals surface area contributed by atoms with E-state index >= 15 is 0 Å². The first-order valence-corrected chi connectivity index (χ1v) is 7.72. The lowest BCUT2D eigenvalue weighted by Gasteiger charge is -2.44. The SMILES string of the molecule is Cc1cc(O)cc(C)c1[C@H](N1CCNCC1)C(C)(C)CO. The maximum atomic E-state index is 9.90. The van der Waals surface area contributed by atoms with Gasteiger partial charge in [0.15, 0.2) is 0 Å². The van der Waals surface area contributed by atoms with Crippen LogP contribution in [0.1, 0.15) is 36.6 Å². The van der Waals surface area contributed by atoms with Crippen LogP contribution in [-0.2, 0) is 0 Å². The Labute approximate surface area is 127 Å². The van der Waals surface area contributed by atoms with Crippen molar-refractivity contribution in [2.45, 2.75) is 33.7 Å². The van der Waals surface area contributed by atoms with Crippen molar-refractivity contribution >= 4 is 0 Å². The molecule has 0 saturated carbocycles. The van der Waals surface area contributed by atoms with E-state index in [1.165, 1.54) is 5.56 Å². The molecule has 21 heavy (non-hydrogen) atoms. The number of hydrogen-bond donors (Lipinski definition) is 3. The number of phenolic OH excluding ortho intramolecular Hbond substituents is 1. The van der Waals surface area contributed by atoms with E-state index in [4.69, 9.17) is 0 Å². The Morgan fingerprint density at radius 2 is 1.71 bits per heavy atom. The van der Waals surface area contributed by atoms with E-state index in [1.54, 1.807) is 0 Å². The van der Waals surface area contributed by atoms with E-state index < -0.39 is 0 Å². The predicted molar refractivity (Wildman–Crippen MR) is 85.6 cm³/mol. The number of aromatic hydroxyl groups is 1. The molecule has 1 fully saturated rings. The van der Waals surface area contributed by atoms with Gasteiger partial charge in [-0.25, -0.2) is 0 Å². The quantitative estimate of drug-likeness (QED) is 0.794. The molecule has 1 atom stereocenters. The Bertz CT molecular complexity index is 471. The van der Waals surface area contributed by atoms with Gasteiger partial charge in [-0.1, -0.05) is 13.8 Å². The van der Waals surface area contributed by atoms with Crippen LogP contribution in [0.2, 0.25) is 0 Å². The first-order chi connectivity index (χ1) is 9.86. The highest BCUT2D eigenvalue weighted by Gasteiger charge is 2.37. The summed E-state index contributed by atoms with van der Waals surface area (Å²) in [7, 11) is 0. The maximum absolute atomic E-state index is 9.90. The molecule has 0 aliphatic carbocycles. The predicted octanol–water partition coefficient (Wildman–Crippen LogP) is 1.97. The summed E-state index contributed by atoms with van der Waals surface area (Å²) in [5.74, 6) is 0.314. The van der Waals surface area contributed by atoms with Gasteiger partial charge in [-0.3, -0.25) is 4.90 Å². The van der Waals surface area contributed by atoms with E-state index in [2.05, 4.69) is 24.1 Å². The van der Waals surface area contributed by atoms with E-state index in [1.807, 2.05) is 26.0 Å². The molecule has 4 nitrogen and oxygen atoms in total. The lowest BCUT2D eigenvalue weighted by Crippen LogP contribution is -2.50. The van der Waals surface area contributed by atoms with Gasteiger partial charge in [0.1, 0.15) is 5.75 Å². The summed E-state index contributed by atoms with van der Waals surface area (Å²) in [6.45, 7) is 12.4. The summed E-state index contributed by atoms with van der Waals surface area (Å²) in [5.41, 5.74) is 3.20. The highest BCUT2D eigenvalue weighted by atomic mass is 16.3. The molecule has 1 aromatic carbocycles. The van der Waals surface area contributed by atoms with Crippen LogP contribution in [0.3, 0.4) is 0 Å². The molecule has 2 rings (SSSR count). The van der Waals surface area contributed by atoms with Gasteiger partial charge >= 0.3 is 0 Å². The number of rotatable bonds is 4. The second-order valence-corrected chi connectivity index (χ2v) is 6.83. The monoisotopic (exact) mass is 292 g/mol. The van der Waals surface area contributed by atoms with Crippen LogP contribution in [-0.4, -0.2) is 47.9 Å². The number of benzene rings is 1. The van der Waals surface area contributed by atoms with E-state index in [0.717, 1.165) is 37.3 Å². The molecule has 0 spiro atoms. The number of phenols is 1. The highest BCUT2D eigenvalue weighted by molar-refractivity contribution is 5.43. The third kappa shape index (κ3) is 3.39. The number of aliphatic hydroxyl groups excluding tert-OH is 1. The fourth-order valence-corrected chi connectivity index (χ4v) is 3.48. The topological polar surface area (TPSA) is 55.7 Å². The third-order valence-corrected chi connectivity index (χ3v) is 4.52. The van der Waals surface area contributed by atoms with Crippen LogP contribution < -0.4 is 5.32 Å². The molecule has 3 N–H and O–H groups in total. The molecule has 1 aliphatic heterocycles. The molecule has 4 heteroatoms. The van der Waals surface area contributed by atoms with Gasteiger partial charge in [0, 0.05) is 44.2 Å². The Kier molecular flexibility index (Phi) is 4.91. The molecule has 0 aromatic heterocycles. The summed E-state index contributed by atoms with van der Waals surface area (Å²) >= 11 is 0. The van der Waals surface area contributed by atoms with E-state index in [0.29, 0.717) is 5.75 Å². The van der Waals surface area contributed by atoms with Crippen molar-refractivity contribution in [2.24, 2.45) is 5.41 Å². The largest absolute Gasteiger partial charge is 0.508 e. The van der Waals surface area contributed by atoms with Gasteiger partial charge < -0.3 is 15.5 Å². The van der Waals surface area contributed by atoms with E-state index in [-0.39, 0.29) is 18.1 Å². The molecule has 1 aliphatic rings. The normalized spacial score (nSPS) is 18.7. The number of nitrogens with zero attached hydrogens (tertiary/aromatic N) is 1. The van der Waals surface area contributed by atoms with Crippen molar-refractivity contribution in [1.82, 2.24) is 10.2 Å². The van der Waals surface area contributed by atoms with Crippen molar-refractivity contribution in [3.63, 3.8) is 0 Å². The Morgan fingerprint density at radius 3 is 2.19 bits per heavy atom. The van der Waals surface area contributed by atoms with Gasteiger partial charge in [-0.2, -0.15) is 0 Å². The molecule has 1 heterocycles. The summed E-state index contributed by atoms with van der Waals surface area (Å²) in [6.07, 6.45) is 0. The number of nitrogens with one attached hydrogen (secondary N) is 1. The first kappa shape index (κ1) is 16.3. The minimum absolute atomic E-state index is 0.140. The average molecular weight is 292 g/mol. The smallest absolute Gasteiger partial charge is 0.116 e. The summed E-state index contributed by atoms with van der Waals surface area (Å²) in [5, 5.41) is 23.1. The van der Waals surface area contributed by atoms with Gasteiger partial charge in [0.05, 0.1) is 0 Å². The van der Waals surface area contributed by atoms with Crippen LogP contribution in [0.25, 0.3) is 0 Å². The molecule has 118 valence electrons. The Balaban J connectivity index is 2.49. The molecule has 0 unspecified atom stereocenters. The van der Waals surface area contributed by atoms with Crippen LogP contribution >= 0.6 is 0 Å². The average Bonchev–Trinajstić information content (AvgIpc) is 2.43. The standard InChI is InChI=1S/C17H28N2O2/c1-12-9-14(21)10-13(2)15(12)16(17(3,4)11-20)19-7-5-18-6-8-19/h9-10,16,18,20-21H,5-8,11H2,1-4H3/t16-/m0/s1. The first-order valence-electron chi connectivity index (χ1n) is 7.72. The van der Waals surface area contributed by atoms with Crippen molar-refractivity contribution < 1.29 is 10.2 Å². The lowest BCUT2D eigenvalue weighted by atomic mass is 9.77. The number of piperazine rings is 1. The molecular formula is C17H28N2O2. The second-order valence-electron chi connectivity index (χ2n) is 6.83. The third-order valence-electron chi connectivity index (χ3n) is 4.52. The summed E-state index contributed by atoms with van der Waals surface area (Å²) < 4.78 is 0. The minimum Gasteiger partial charge on any atom is -0.508 e. The fraction of sp³-hybridized carbons (Fsp3) is 0.647. The molecule has 0 bridgehead atoms. The second kappa shape index (κ2) is 6.34. The summed E-state index contributed by atoms with van der Waals surface area (Å²) in [6, 6.07) is 3.81. The molecule has 1 aromatic rings. The molecule has 0 radical (unpaired) electrons. The van der Waals surface area contributed by atoms with Gasteiger partial charge in [0.25, 0.3) is 0 Å². The zero-order valence-electron chi connectivity index (χ0n) is 13.6. The molecular weight excluding hydrogens is 264 g/mol. The number of aryl methyl sites for hydroxylation is 2. The van der Waals surface area contributed by atoms with Crippen molar-refractivity contribution in [3.05, 3.63) is 28.8 Å². The fourth-order valence-electron chi connectivity index (χ4n) is 3.48. The maximum Gasteiger partial charge on any atom is 0.116 e. The molecule has 1 saturated heterocycles. The minimum atomic E-state index is -0.232. The lowest BCUT2D eigenvalue weighted by molar-refractivity contribution is 0.0298. The van der Waals surface area contributed by atoms with E-state index in [9.17, 15) is 10.2 Å². The van der Waals surface area contributed by atoms with Gasteiger partial charge in [0.2, 0.25) is 0 Å². The van der Waals surface area contributed by atoms with Crippen molar-refractivity contribution in [2.75, 3.05) is 32.8 Å². The van der Waals surface area contributed by atoms with Crippen LogP contribution in [0.5, 0.6) is 5.75 Å². The number of hydrogen-bond acceptors (Lipinski definition) is 4. The van der Waals surface area contributed by atoms with Crippen LogP contribution in [0, 0.1) is 19.3 Å². The van der Waals surface area contributed by atoms with Crippen molar-refractivity contribution in [3.8, 4) is 5.75 Å². The van der Waals surface area contributed by atoms with Gasteiger partial charge in [-0.05, 0) is 42.7 Å². The zero-order chi connectivity index (χ0) is 15.6. The summed E-state index contributed by atoms with van der Waals surface area (Å²) in [4.78, 5) is 2.46. The van der Waals surface area contributed by atoms with Crippen LogP contribution in [0.4, 0.5) is 0 Å². The van der Waals surface area contributed by atoms with Gasteiger partial charge in [-0.15, -0.1) is 0 Å².